The minimum absolute atomic E-state index is 0.897. The molecule has 0 spiro atoms. The maximum atomic E-state index is 5.44. The molecule has 0 unspecified atom stereocenters. The highest BCUT2D eigenvalue weighted by Gasteiger charge is 2.11. The zero-order chi connectivity index (χ0) is 14.4. The Balaban J connectivity index is 2.37. The summed E-state index contributed by atoms with van der Waals surface area (Å²) in [5.41, 5.74) is 0. The molecule has 0 amide bonds. The van der Waals surface area contributed by atoms with Gasteiger partial charge in [0.25, 0.3) is 0 Å². The number of likely N-dealkylation sites (N-methyl/N-ethyl adjacent to an activating group) is 2. The summed E-state index contributed by atoms with van der Waals surface area (Å²) in [6.45, 7) is 8.13. The van der Waals surface area contributed by atoms with Crippen molar-refractivity contribution in [1.29, 1.82) is 0 Å². The van der Waals surface area contributed by atoms with E-state index in [-0.39, 0.29) is 0 Å². The standard InChI is InChI=1S/C16H23N3O/c1-4-17-11-12-19(5-2)16-14-7-6-8-15(20-3)13(14)9-10-18-16/h6-10,17H,4-5,11-12H2,1-3H3. The molecule has 0 atom stereocenters. The second-order valence-electron chi connectivity index (χ2n) is 4.62. The first kappa shape index (κ1) is 14.6. The lowest BCUT2D eigenvalue weighted by Gasteiger charge is -2.23. The van der Waals surface area contributed by atoms with Gasteiger partial charge in [0.1, 0.15) is 11.6 Å². The molecule has 1 N–H and O–H groups in total. The predicted molar refractivity (Wildman–Crippen MR) is 84.7 cm³/mol. The van der Waals surface area contributed by atoms with E-state index in [4.69, 9.17) is 4.74 Å². The third-order valence-electron chi connectivity index (χ3n) is 3.45. The Hall–Kier alpha value is -1.81. The largest absolute Gasteiger partial charge is 0.496 e. The third kappa shape index (κ3) is 3.02. The lowest BCUT2D eigenvalue weighted by Crippen LogP contribution is -2.32. The number of rotatable bonds is 7. The van der Waals surface area contributed by atoms with Crippen LogP contribution in [0.3, 0.4) is 0 Å². The molecule has 1 aromatic heterocycles. The van der Waals surface area contributed by atoms with Crippen molar-refractivity contribution in [2.45, 2.75) is 13.8 Å². The number of anilines is 1. The van der Waals surface area contributed by atoms with Gasteiger partial charge in [-0.05, 0) is 25.6 Å². The molecule has 4 nitrogen and oxygen atoms in total. The van der Waals surface area contributed by atoms with Crippen LogP contribution in [0.25, 0.3) is 10.8 Å². The Kier molecular flexibility index (Phi) is 5.18. The second-order valence-corrected chi connectivity index (χ2v) is 4.62. The van der Waals surface area contributed by atoms with Gasteiger partial charge in [0, 0.05) is 36.6 Å². The van der Waals surface area contributed by atoms with Crippen molar-refractivity contribution in [1.82, 2.24) is 10.3 Å². The van der Waals surface area contributed by atoms with Gasteiger partial charge in [-0.3, -0.25) is 0 Å². The van der Waals surface area contributed by atoms with Crippen LogP contribution in [0.1, 0.15) is 13.8 Å². The lowest BCUT2D eigenvalue weighted by atomic mass is 10.1. The van der Waals surface area contributed by atoms with E-state index in [2.05, 4.69) is 35.1 Å². The van der Waals surface area contributed by atoms with Gasteiger partial charge in [0.05, 0.1) is 7.11 Å². The van der Waals surface area contributed by atoms with Crippen LogP contribution in [0, 0.1) is 0 Å². The van der Waals surface area contributed by atoms with Crippen molar-refractivity contribution in [3.8, 4) is 5.75 Å². The van der Waals surface area contributed by atoms with E-state index in [0.717, 1.165) is 48.5 Å². The number of pyridine rings is 1. The Morgan fingerprint density at radius 1 is 1.20 bits per heavy atom. The first-order valence-corrected chi connectivity index (χ1v) is 7.19. The normalized spacial score (nSPS) is 10.8. The molecule has 0 aliphatic rings. The Morgan fingerprint density at radius 3 is 2.75 bits per heavy atom. The second kappa shape index (κ2) is 7.10. The SMILES string of the molecule is CCNCCN(CC)c1nccc2c(OC)cccc12. The molecule has 0 saturated heterocycles. The molecular formula is C16H23N3O. The highest BCUT2D eigenvalue weighted by atomic mass is 16.5. The zero-order valence-corrected chi connectivity index (χ0v) is 12.5. The van der Waals surface area contributed by atoms with Crippen LogP contribution < -0.4 is 15.0 Å². The van der Waals surface area contributed by atoms with Gasteiger partial charge < -0.3 is 15.0 Å². The molecule has 108 valence electrons. The highest BCUT2D eigenvalue weighted by molar-refractivity contribution is 5.96. The Morgan fingerprint density at radius 2 is 2.05 bits per heavy atom. The summed E-state index contributed by atoms with van der Waals surface area (Å²) in [7, 11) is 1.71. The number of hydrogen-bond donors (Lipinski definition) is 1. The predicted octanol–water partition coefficient (Wildman–Crippen LogP) is 2.68. The van der Waals surface area contributed by atoms with E-state index in [1.807, 2.05) is 24.4 Å². The molecule has 2 rings (SSSR count). The average molecular weight is 273 g/mol. The van der Waals surface area contributed by atoms with Crippen LogP contribution in [0.15, 0.2) is 30.5 Å². The van der Waals surface area contributed by atoms with E-state index < -0.39 is 0 Å². The van der Waals surface area contributed by atoms with E-state index in [1.165, 1.54) is 0 Å². The summed E-state index contributed by atoms with van der Waals surface area (Å²) < 4.78 is 5.44. The summed E-state index contributed by atoms with van der Waals surface area (Å²) in [6.07, 6.45) is 1.86. The van der Waals surface area contributed by atoms with Crippen molar-refractivity contribution >= 4 is 16.6 Å². The summed E-state index contributed by atoms with van der Waals surface area (Å²) in [5, 5.41) is 5.62. The van der Waals surface area contributed by atoms with Crippen molar-refractivity contribution < 1.29 is 4.74 Å². The van der Waals surface area contributed by atoms with E-state index in [9.17, 15) is 0 Å². The number of nitrogens with zero attached hydrogens (tertiary/aromatic N) is 2. The van der Waals surface area contributed by atoms with Gasteiger partial charge in [-0.25, -0.2) is 4.98 Å². The third-order valence-corrected chi connectivity index (χ3v) is 3.45. The van der Waals surface area contributed by atoms with E-state index in [0.29, 0.717) is 0 Å². The smallest absolute Gasteiger partial charge is 0.136 e. The number of hydrogen-bond acceptors (Lipinski definition) is 4. The molecule has 1 aromatic carbocycles. The fourth-order valence-corrected chi connectivity index (χ4v) is 2.40. The van der Waals surface area contributed by atoms with Gasteiger partial charge in [-0.2, -0.15) is 0 Å². The van der Waals surface area contributed by atoms with Crippen LogP contribution in [-0.4, -0.2) is 38.3 Å². The van der Waals surface area contributed by atoms with Crippen LogP contribution in [0.4, 0.5) is 5.82 Å². The number of aromatic nitrogens is 1. The number of nitrogens with one attached hydrogen (secondary N) is 1. The molecule has 2 aromatic rings. The minimum atomic E-state index is 0.897. The molecule has 0 radical (unpaired) electrons. The molecule has 20 heavy (non-hydrogen) atoms. The highest BCUT2D eigenvalue weighted by Crippen LogP contribution is 2.30. The van der Waals surface area contributed by atoms with Crippen molar-refractivity contribution in [2.75, 3.05) is 38.2 Å². The first-order valence-electron chi connectivity index (χ1n) is 7.19. The van der Waals surface area contributed by atoms with Gasteiger partial charge in [-0.15, -0.1) is 0 Å². The molecule has 0 aliphatic heterocycles. The summed E-state index contributed by atoms with van der Waals surface area (Å²) in [5.74, 6) is 1.93. The zero-order valence-electron chi connectivity index (χ0n) is 12.5. The number of ether oxygens (including phenoxy) is 1. The van der Waals surface area contributed by atoms with Crippen LogP contribution in [0.2, 0.25) is 0 Å². The summed E-state index contributed by atoms with van der Waals surface area (Å²) in [6, 6.07) is 8.12. The molecule has 1 heterocycles. The topological polar surface area (TPSA) is 37.4 Å². The van der Waals surface area contributed by atoms with Crippen LogP contribution in [0.5, 0.6) is 5.75 Å². The molecule has 4 heteroatoms. The number of benzene rings is 1. The van der Waals surface area contributed by atoms with Crippen molar-refractivity contribution in [2.24, 2.45) is 0 Å². The molecular weight excluding hydrogens is 250 g/mol. The van der Waals surface area contributed by atoms with E-state index in [1.54, 1.807) is 7.11 Å². The Bertz CT molecular complexity index is 556. The molecule has 0 bridgehead atoms. The minimum Gasteiger partial charge on any atom is -0.496 e. The fourth-order valence-electron chi connectivity index (χ4n) is 2.40. The van der Waals surface area contributed by atoms with Crippen LogP contribution in [-0.2, 0) is 0 Å². The fraction of sp³-hybridized carbons (Fsp3) is 0.438. The first-order chi connectivity index (χ1) is 9.81. The van der Waals surface area contributed by atoms with Gasteiger partial charge in [0.15, 0.2) is 0 Å². The quantitative estimate of drug-likeness (QED) is 0.787. The van der Waals surface area contributed by atoms with E-state index >= 15 is 0 Å². The maximum Gasteiger partial charge on any atom is 0.136 e. The monoisotopic (exact) mass is 273 g/mol. The van der Waals surface area contributed by atoms with Gasteiger partial charge in [0.2, 0.25) is 0 Å². The average Bonchev–Trinajstić information content (AvgIpc) is 2.50. The Labute approximate surface area is 120 Å². The van der Waals surface area contributed by atoms with Crippen LogP contribution >= 0.6 is 0 Å². The number of fused-ring (bicyclic) bond motifs is 1. The molecule has 0 fully saturated rings. The van der Waals surface area contributed by atoms with Crippen molar-refractivity contribution in [3.63, 3.8) is 0 Å². The van der Waals surface area contributed by atoms with Crippen molar-refractivity contribution in [3.05, 3.63) is 30.5 Å². The molecule has 0 aliphatic carbocycles. The summed E-state index contributed by atoms with van der Waals surface area (Å²) in [4.78, 5) is 6.87. The molecule has 0 saturated carbocycles. The lowest BCUT2D eigenvalue weighted by molar-refractivity contribution is 0.420. The van der Waals surface area contributed by atoms with Gasteiger partial charge >= 0.3 is 0 Å². The summed E-state index contributed by atoms with van der Waals surface area (Å²) >= 11 is 0. The van der Waals surface area contributed by atoms with Gasteiger partial charge in [-0.1, -0.05) is 19.1 Å². The maximum absolute atomic E-state index is 5.44. The number of methoxy groups -OCH3 is 1.